The van der Waals surface area contributed by atoms with Crippen LogP contribution in [0.2, 0.25) is 0 Å². The molecule has 0 aromatic heterocycles. The van der Waals surface area contributed by atoms with Gasteiger partial charge in [0.1, 0.15) is 0 Å². The van der Waals surface area contributed by atoms with Gasteiger partial charge in [0.05, 0.1) is 5.60 Å². The minimum absolute atomic E-state index is 0.197. The molecule has 0 aromatic rings. The lowest BCUT2D eigenvalue weighted by atomic mass is 9.59. The summed E-state index contributed by atoms with van der Waals surface area (Å²) in [6.45, 7) is 8.48. The number of nitrogens with one attached hydrogen (secondary N) is 2. The molecule has 0 aliphatic heterocycles. The van der Waals surface area contributed by atoms with Gasteiger partial charge in [-0.1, -0.05) is 20.8 Å². The molecule has 1 rings (SSSR count). The molecule has 1 saturated carbocycles. The quantitative estimate of drug-likeness (QED) is 0.681. The fourth-order valence-electron chi connectivity index (χ4n) is 4.03. The summed E-state index contributed by atoms with van der Waals surface area (Å²) in [5, 5.41) is 17.1. The number of rotatable bonds is 4. The monoisotopic (exact) mass is 228 g/mol. The van der Waals surface area contributed by atoms with E-state index in [2.05, 4.69) is 31.4 Å². The Kier molecular flexibility index (Phi) is 4.04. The third kappa shape index (κ3) is 3.44. The van der Waals surface area contributed by atoms with Gasteiger partial charge < -0.3 is 15.7 Å². The van der Waals surface area contributed by atoms with E-state index in [1.807, 2.05) is 14.1 Å². The first-order valence-corrected chi connectivity index (χ1v) is 6.26. The largest absolute Gasteiger partial charge is 0.389 e. The molecule has 1 aliphatic rings. The fourth-order valence-corrected chi connectivity index (χ4v) is 4.03. The molecular weight excluding hydrogens is 200 g/mol. The highest BCUT2D eigenvalue weighted by molar-refractivity contribution is 5.00. The summed E-state index contributed by atoms with van der Waals surface area (Å²) in [5.74, 6) is 0. The highest BCUT2D eigenvalue weighted by Gasteiger charge is 2.47. The number of likely N-dealkylation sites (N-methyl/N-ethyl adjacent to an activating group) is 1. The molecule has 1 fully saturated rings. The summed E-state index contributed by atoms with van der Waals surface area (Å²) in [5.41, 5.74) is -0.139. The first-order valence-electron chi connectivity index (χ1n) is 6.26. The molecule has 0 heterocycles. The number of aliphatic hydroxyl groups is 1. The second-order valence-corrected chi connectivity index (χ2v) is 6.79. The van der Waals surface area contributed by atoms with Crippen molar-refractivity contribution >= 4 is 0 Å². The third-order valence-electron chi connectivity index (χ3n) is 3.58. The van der Waals surface area contributed by atoms with Crippen molar-refractivity contribution in [3.63, 3.8) is 0 Å². The third-order valence-corrected chi connectivity index (χ3v) is 3.58. The number of hydrogen-bond acceptors (Lipinski definition) is 3. The molecule has 96 valence electrons. The van der Waals surface area contributed by atoms with Crippen molar-refractivity contribution in [1.29, 1.82) is 0 Å². The zero-order valence-corrected chi connectivity index (χ0v) is 11.5. The van der Waals surface area contributed by atoms with E-state index in [9.17, 15) is 5.11 Å². The zero-order valence-electron chi connectivity index (χ0n) is 11.5. The molecule has 2 unspecified atom stereocenters. The molecular formula is C13H28N2O. The van der Waals surface area contributed by atoms with E-state index in [0.29, 0.717) is 6.54 Å². The van der Waals surface area contributed by atoms with Gasteiger partial charge in [-0.15, -0.1) is 0 Å². The van der Waals surface area contributed by atoms with Crippen molar-refractivity contribution < 1.29 is 5.11 Å². The van der Waals surface area contributed by atoms with Crippen molar-refractivity contribution in [3.05, 3.63) is 0 Å². The SMILES string of the molecule is CNCC1(C)CC(C)(C)CC(O)(CNC)C1. The van der Waals surface area contributed by atoms with Gasteiger partial charge in [-0.2, -0.15) is 0 Å². The van der Waals surface area contributed by atoms with Crippen molar-refractivity contribution in [2.24, 2.45) is 10.8 Å². The summed E-state index contributed by atoms with van der Waals surface area (Å²) < 4.78 is 0. The van der Waals surface area contributed by atoms with Crippen molar-refractivity contribution in [2.45, 2.75) is 45.6 Å². The predicted molar refractivity (Wildman–Crippen MR) is 68.5 cm³/mol. The summed E-state index contributed by atoms with van der Waals surface area (Å²) in [4.78, 5) is 0. The Morgan fingerprint density at radius 3 is 2.00 bits per heavy atom. The van der Waals surface area contributed by atoms with Crippen LogP contribution >= 0.6 is 0 Å². The average Bonchev–Trinajstić information content (AvgIpc) is 1.97. The van der Waals surface area contributed by atoms with Gasteiger partial charge in [0, 0.05) is 13.1 Å². The second-order valence-electron chi connectivity index (χ2n) is 6.79. The summed E-state index contributed by atoms with van der Waals surface area (Å²) >= 11 is 0. The van der Waals surface area contributed by atoms with Crippen LogP contribution in [0.3, 0.4) is 0 Å². The van der Waals surface area contributed by atoms with Crippen LogP contribution in [-0.2, 0) is 0 Å². The van der Waals surface area contributed by atoms with Gasteiger partial charge in [0.25, 0.3) is 0 Å². The van der Waals surface area contributed by atoms with Crippen LogP contribution < -0.4 is 10.6 Å². The van der Waals surface area contributed by atoms with E-state index in [0.717, 1.165) is 19.4 Å². The first-order chi connectivity index (χ1) is 7.24. The van der Waals surface area contributed by atoms with E-state index >= 15 is 0 Å². The van der Waals surface area contributed by atoms with E-state index < -0.39 is 5.60 Å². The van der Waals surface area contributed by atoms with Gasteiger partial charge in [-0.3, -0.25) is 0 Å². The van der Waals surface area contributed by atoms with Gasteiger partial charge >= 0.3 is 0 Å². The molecule has 3 nitrogen and oxygen atoms in total. The molecule has 0 spiro atoms. The van der Waals surface area contributed by atoms with Gasteiger partial charge in [0.2, 0.25) is 0 Å². The van der Waals surface area contributed by atoms with Crippen LogP contribution in [-0.4, -0.2) is 37.9 Å². The molecule has 1 aliphatic carbocycles. The Bertz CT molecular complexity index is 220. The Balaban J connectivity index is 2.84. The number of hydrogen-bond donors (Lipinski definition) is 3. The molecule has 16 heavy (non-hydrogen) atoms. The lowest BCUT2D eigenvalue weighted by molar-refractivity contribution is -0.0873. The van der Waals surface area contributed by atoms with E-state index in [1.165, 1.54) is 6.42 Å². The van der Waals surface area contributed by atoms with Crippen molar-refractivity contribution in [1.82, 2.24) is 10.6 Å². The molecule has 2 atom stereocenters. The summed E-state index contributed by atoms with van der Waals surface area (Å²) in [6.07, 6.45) is 2.94. The average molecular weight is 228 g/mol. The van der Waals surface area contributed by atoms with Crippen molar-refractivity contribution in [3.8, 4) is 0 Å². The molecule has 3 N–H and O–H groups in total. The van der Waals surface area contributed by atoms with Crippen LogP contribution in [0.5, 0.6) is 0 Å². The zero-order chi connectivity index (χ0) is 12.4. The van der Waals surface area contributed by atoms with Crippen LogP contribution in [0, 0.1) is 10.8 Å². The summed E-state index contributed by atoms with van der Waals surface area (Å²) in [6, 6.07) is 0. The normalized spacial score (nSPS) is 38.6. The van der Waals surface area contributed by atoms with E-state index in [1.54, 1.807) is 0 Å². The van der Waals surface area contributed by atoms with Crippen LogP contribution in [0.25, 0.3) is 0 Å². The van der Waals surface area contributed by atoms with Crippen molar-refractivity contribution in [2.75, 3.05) is 27.2 Å². The van der Waals surface area contributed by atoms with Crippen LogP contribution in [0.15, 0.2) is 0 Å². The van der Waals surface area contributed by atoms with E-state index in [4.69, 9.17) is 0 Å². The Morgan fingerprint density at radius 1 is 0.938 bits per heavy atom. The maximum atomic E-state index is 10.7. The summed E-state index contributed by atoms with van der Waals surface area (Å²) in [7, 11) is 3.90. The predicted octanol–water partition coefficient (Wildman–Crippen LogP) is 1.37. The van der Waals surface area contributed by atoms with Gasteiger partial charge in [0.15, 0.2) is 0 Å². The Labute approximate surface area is 100 Å². The maximum absolute atomic E-state index is 10.7. The lowest BCUT2D eigenvalue weighted by Gasteiger charge is -2.51. The van der Waals surface area contributed by atoms with Crippen LogP contribution in [0.4, 0.5) is 0 Å². The Hall–Kier alpha value is -0.120. The minimum Gasteiger partial charge on any atom is -0.389 e. The molecule has 0 amide bonds. The molecule has 0 aromatic carbocycles. The van der Waals surface area contributed by atoms with E-state index in [-0.39, 0.29) is 10.8 Å². The minimum atomic E-state index is -0.553. The smallest absolute Gasteiger partial charge is 0.0782 e. The van der Waals surface area contributed by atoms with Gasteiger partial charge in [-0.25, -0.2) is 0 Å². The second kappa shape index (κ2) is 4.63. The van der Waals surface area contributed by atoms with Crippen LogP contribution in [0.1, 0.15) is 40.0 Å². The molecule has 0 bridgehead atoms. The fraction of sp³-hybridized carbons (Fsp3) is 1.00. The molecule has 3 heteroatoms. The topological polar surface area (TPSA) is 44.3 Å². The highest BCUT2D eigenvalue weighted by Crippen LogP contribution is 2.49. The Morgan fingerprint density at radius 2 is 1.50 bits per heavy atom. The lowest BCUT2D eigenvalue weighted by Crippen LogP contribution is -2.53. The highest BCUT2D eigenvalue weighted by atomic mass is 16.3. The first kappa shape index (κ1) is 13.9. The standard InChI is InChI=1S/C13H28N2O/c1-11(2)6-12(3,9-14-4)8-13(16,7-11)10-15-5/h14-16H,6-10H2,1-5H3. The molecule has 0 radical (unpaired) electrons. The van der Waals surface area contributed by atoms with Gasteiger partial charge in [-0.05, 0) is 44.2 Å². The maximum Gasteiger partial charge on any atom is 0.0782 e. The molecule has 0 saturated heterocycles.